The molecule has 0 amide bonds. The first kappa shape index (κ1) is 27.4. The van der Waals surface area contributed by atoms with Gasteiger partial charge in [-0.05, 0) is 19.1 Å². The average molecular weight is 566 g/mol. The Hall–Kier alpha value is -4.22. The maximum Gasteiger partial charge on any atom is 0.356 e. The lowest BCUT2D eigenvalue weighted by molar-refractivity contribution is 0.115. The van der Waals surface area contributed by atoms with E-state index >= 15 is 0 Å². The second-order valence-electron chi connectivity index (χ2n) is 8.94. The molecule has 2 aromatic carbocycles. The number of aryl methyl sites for hydroxylation is 1. The van der Waals surface area contributed by atoms with Crippen LogP contribution in [-0.2, 0) is 41.0 Å². The summed E-state index contributed by atoms with van der Waals surface area (Å²) in [6, 6.07) is 17.0. The number of ether oxygens (including phenoxy) is 3. The van der Waals surface area contributed by atoms with Crippen molar-refractivity contribution < 1.29 is 27.8 Å². The fraction of sp³-hybridized carbons (Fsp3) is 0.222. The minimum atomic E-state index is -3.79. The molecule has 0 radical (unpaired) electrons. The highest BCUT2D eigenvalue weighted by atomic mass is 31.2. The van der Waals surface area contributed by atoms with E-state index in [-0.39, 0.29) is 50.1 Å². The molecule has 13 heteroatoms. The molecule has 3 heterocycles. The minimum absolute atomic E-state index is 0.0208. The lowest BCUT2D eigenvalue weighted by Gasteiger charge is -2.19. The van der Waals surface area contributed by atoms with Gasteiger partial charge < -0.3 is 29.0 Å². The van der Waals surface area contributed by atoms with E-state index in [1.807, 2.05) is 61.5 Å². The summed E-state index contributed by atoms with van der Waals surface area (Å²) < 4.78 is 44.0. The number of anilines is 1. The molecule has 1 aliphatic heterocycles. The van der Waals surface area contributed by atoms with Gasteiger partial charge in [-0.15, -0.1) is 0 Å². The Kier molecular flexibility index (Phi) is 8.13. The van der Waals surface area contributed by atoms with Gasteiger partial charge in [0.05, 0.1) is 19.5 Å². The Morgan fingerprint density at radius 2 is 1.82 bits per heavy atom. The number of hydrogen-bond donors (Lipinski definition) is 2. The zero-order valence-corrected chi connectivity index (χ0v) is 22.6. The van der Waals surface area contributed by atoms with Crippen LogP contribution in [-0.4, -0.2) is 39.1 Å². The maximum absolute atomic E-state index is 13.8. The number of imidazole rings is 1. The Bertz CT molecular complexity index is 1650. The van der Waals surface area contributed by atoms with Crippen molar-refractivity contribution in [3.05, 3.63) is 106 Å². The first-order chi connectivity index (χ1) is 19.3. The van der Waals surface area contributed by atoms with E-state index in [9.17, 15) is 9.36 Å². The van der Waals surface area contributed by atoms with Crippen molar-refractivity contribution >= 4 is 30.5 Å². The van der Waals surface area contributed by atoms with Gasteiger partial charge in [0.25, 0.3) is 11.5 Å². The predicted octanol–water partition coefficient (Wildman–Crippen LogP) is 4.30. The molecular formula is C27H28N5O7P. The summed E-state index contributed by atoms with van der Waals surface area (Å²) in [4.78, 5) is 22.6. The van der Waals surface area contributed by atoms with Crippen molar-refractivity contribution in [2.75, 3.05) is 25.3 Å². The number of fused-ring (bicyclic) bond motifs is 1. The summed E-state index contributed by atoms with van der Waals surface area (Å²) >= 11 is 0. The summed E-state index contributed by atoms with van der Waals surface area (Å²) in [6.45, 7) is 5.93. The molecule has 0 saturated heterocycles. The molecule has 0 spiro atoms. The van der Waals surface area contributed by atoms with Crippen molar-refractivity contribution in [2.24, 2.45) is 0 Å². The predicted molar refractivity (Wildman–Crippen MR) is 148 cm³/mol. The number of nitrogens with zero attached hydrogens (tertiary/aromatic N) is 3. The number of nitrogens with two attached hydrogens (primary N) is 1. The normalized spacial score (nSPS) is 14.8. The van der Waals surface area contributed by atoms with Crippen LogP contribution in [0.1, 0.15) is 16.7 Å². The number of rotatable bonds is 12. The summed E-state index contributed by atoms with van der Waals surface area (Å²) in [5.41, 5.74) is 8.37. The van der Waals surface area contributed by atoms with Crippen molar-refractivity contribution in [3.8, 4) is 0 Å². The fourth-order valence-corrected chi connectivity index (χ4v) is 5.12. The van der Waals surface area contributed by atoms with Crippen LogP contribution in [0.3, 0.4) is 0 Å². The van der Waals surface area contributed by atoms with Crippen molar-refractivity contribution in [3.63, 3.8) is 0 Å². The molecule has 40 heavy (non-hydrogen) atoms. The van der Waals surface area contributed by atoms with Crippen molar-refractivity contribution in [2.45, 2.75) is 20.1 Å². The second-order valence-corrected chi connectivity index (χ2v) is 10.9. The quantitative estimate of drug-likeness (QED) is 0.188. The molecular weight excluding hydrogens is 537 g/mol. The Morgan fingerprint density at radius 1 is 1.07 bits per heavy atom. The molecule has 1 aliphatic rings. The summed E-state index contributed by atoms with van der Waals surface area (Å²) in [6.07, 6.45) is 1.12. The summed E-state index contributed by atoms with van der Waals surface area (Å²) in [5, 5.41) is 0. The van der Waals surface area contributed by atoms with Crippen molar-refractivity contribution in [1.29, 1.82) is 0 Å². The van der Waals surface area contributed by atoms with Crippen LogP contribution in [0.15, 0.2) is 84.0 Å². The average Bonchev–Trinajstić information content (AvgIpc) is 3.53. The molecule has 0 saturated carbocycles. The molecule has 5 rings (SSSR count). The van der Waals surface area contributed by atoms with Gasteiger partial charge >= 0.3 is 7.60 Å². The van der Waals surface area contributed by atoms with Crippen LogP contribution in [0.4, 0.5) is 5.95 Å². The highest BCUT2D eigenvalue weighted by molar-refractivity contribution is 7.53. The van der Waals surface area contributed by atoms with Gasteiger partial charge in [0.2, 0.25) is 5.95 Å². The molecule has 3 N–H and O–H groups in total. The highest BCUT2D eigenvalue weighted by Gasteiger charge is 2.30. The summed E-state index contributed by atoms with van der Waals surface area (Å²) in [7, 11) is -3.79. The van der Waals surface area contributed by atoms with Crippen LogP contribution in [0.2, 0.25) is 0 Å². The first-order valence-electron chi connectivity index (χ1n) is 12.3. The van der Waals surface area contributed by atoms with Gasteiger partial charge in [0.15, 0.2) is 22.7 Å². The number of aromatic amines is 1. The molecule has 1 unspecified atom stereocenters. The molecule has 2 aromatic heterocycles. The molecule has 0 bridgehead atoms. The van der Waals surface area contributed by atoms with Gasteiger partial charge in [0, 0.05) is 12.1 Å². The van der Waals surface area contributed by atoms with Crippen LogP contribution in [0, 0.1) is 6.92 Å². The van der Waals surface area contributed by atoms with Crippen LogP contribution in [0.25, 0.3) is 16.9 Å². The zero-order valence-electron chi connectivity index (χ0n) is 21.7. The number of hydrogen-bond acceptors (Lipinski definition) is 10. The third-order valence-electron chi connectivity index (χ3n) is 5.90. The lowest BCUT2D eigenvalue weighted by Crippen LogP contribution is -2.13. The van der Waals surface area contributed by atoms with E-state index in [1.165, 1.54) is 6.33 Å². The smallest absolute Gasteiger partial charge is 0.356 e. The van der Waals surface area contributed by atoms with Crippen molar-refractivity contribution in [1.82, 2.24) is 19.5 Å². The summed E-state index contributed by atoms with van der Waals surface area (Å²) in [5.74, 6) is 0.809. The minimum Gasteiger partial charge on any atom is -0.424 e. The Morgan fingerprint density at radius 3 is 2.60 bits per heavy atom. The number of aromatic nitrogens is 4. The van der Waals surface area contributed by atoms with E-state index in [4.69, 9.17) is 29.0 Å². The second kappa shape index (κ2) is 11.9. The van der Waals surface area contributed by atoms with Gasteiger partial charge in [-0.1, -0.05) is 60.2 Å². The van der Waals surface area contributed by atoms with Gasteiger partial charge in [-0.25, -0.2) is 4.98 Å². The SMILES string of the molecule is C=C1OC(COP(=O)(COCCn2cnc3c(=O)[nH]c(N)nc32)OCc2ccccc2)=C(c2ccc(C)cc2)O1. The molecule has 1 atom stereocenters. The van der Waals surface area contributed by atoms with Gasteiger partial charge in [0.1, 0.15) is 13.0 Å². The Labute approximate surface area is 229 Å². The highest BCUT2D eigenvalue weighted by Crippen LogP contribution is 2.50. The van der Waals surface area contributed by atoms with Gasteiger partial charge in [-0.3, -0.25) is 18.9 Å². The zero-order chi connectivity index (χ0) is 28.1. The molecule has 12 nitrogen and oxygen atoms in total. The molecule has 0 aliphatic carbocycles. The molecule has 208 valence electrons. The van der Waals surface area contributed by atoms with E-state index in [0.29, 0.717) is 17.2 Å². The first-order valence-corrected chi connectivity index (χ1v) is 14.1. The van der Waals surface area contributed by atoms with E-state index in [1.54, 1.807) is 4.57 Å². The lowest BCUT2D eigenvalue weighted by atomic mass is 10.1. The third-order valence-corrected chi connectivity index (χ3v) is 7.45. The number of nitrogens with one attached hydrogen (secondary N) is 1. The molecule has 4 aromatic rings. The van der Waals surface area contributed by atoms with Gasteiger partial charge in [-0.2, -0.15) is 4.98 Å². The fourth-order valence-electron chi connectivity index (χ4n) is 3.88. The molecule has 0 fully saturated rings. The maximum atomic E-state index is 13.8. The topological polar surface area (TPSA) is 153 Å². The van der Waals surface area contributed by atoms with Crippen LogP contribution in [0.5, 0.6) is 0 Å². The number of benzene rings is 2. The Balaban J connectivity index is 1.27. The van der Waals surface area contributed by atoms with E-state index in [0.717, 1.165) is 16.7 Å². The number of nitrogen functional groups attached to an aromatic ring is 1. The van der Waals surface area contributed by atoms with E-state index in [2.05, 4.69) is 21.5 Å². The third kappa shape index (κ3) is 6.49. The largest absolute Gasteiger partial charge is 0.424 e. The van der Waals surface area contributed by atoms with Crippen LogP contribution >= 0.6 is 7.60 Å². The van der Waals surface area contributed by atoms with Crippen LogP contribution < -0.4 is 11.3 Å². The standard InChI is InChI=1S/C27H28N5O7P/c1-18-8-10-21(11-9-18)24-22(38-19(2)39-24)15-37-40(34,36-14-20-6-4-3-5-7-20)17-35-13-12-32-16-29-23-25(32)30-27(28)31-26(23)33/h3-11,16H,2,12-15,17H2,1H3,(H3,28,30,31,33). The van der Waals surface area contributed by atoms with E-state index < -0.39 is 13.2 Å². The monoisotopic (exact) mass is 565 g/mol. The number of H-pyrrole nitrogens is 1.